The van der Waals surface area contributed by atoms with Gasteiger partial charge in [0.05, 0.1) is 5.52 Å². The van der Waals surface area contributed by atoms with Crippen LogP contribution in [0.3, 0.4) is 0 Å². The number of aromatic carboxylic acids is 1. The van der Waals surface area contributed by atoms with Crippen LogP contribution >= 0.6 is 0 Å². The van der Waals surface area contributed by atoms with Crippen molar-refractivity contribution in [2.24, 2.45) is 0 Å². The Kier molecular flexibility index (Phi) is 3.23. The summed E-state index contributed by atoms with van der Waals surface area (Å²) in [6.45, 7) is 1.97. The number of benzene rings is 1. The quantitative estimate of drug-likeness (QED) is 0.880. The van der Waals surface area contributed by atoms with Gasteiger partial charge in [0.1, 0.15) is 5.82 Å². The lowest BCUT2D eigenvalue weighted by Crippen LogP contribution is -2.24. The molecule has 6 nitrogen and oxygen atoms in total. The summed E-state index contributed by atoms with van der Waals surface area (Å²) >= 11 is 0. The molecule has 0 bridgehead atoms. The summed E-state index contributed by atoms with van der Waals surface area (Å²) in [7, 11) is 2.07. The minimum Gasteiger partial charge on any atom is -0.475 e. The van der Waals surface area contributed by atoms with Crippen LogP contribution in [0.15, 0.2) is 24.3 Å². The lowest BCUT2D eigenvalue weighted by atomic mass is 10.2. The topological polar surface area (TPSA) is 78.4 Å². The molecule has 1 aromatic heterocycles. The number of rotatable bonds is 3. The number of hydrogen-bond acceptors (Lipinski definition) is 5. The molecule has 104 valence electrons. The van der Waals surface area contributed by atoms with Crippen LogP contribution < -0.4 is 5.32 Å². The summed E-state index contributed by atoms with van der Waals surface area (Å²) < 4.78 is 0. The molecule has 1 aliphatic heterocycles. The predicted molar refractivity (Wildman–Crippen MR) is 76.0 cm³/mol. The Morgan fingerprint density at radius 2 is 2.20 bits per heavy atom. The third-order valence-corrected chi connectivity index (χ3v) is 3.53. The molecule has 0 saturated carbocycles. The van der Waals surface area contributed by atoms with E-state index in [2.05, 4.69) is 27.2 Å². The molecule has 1 aliphatic rings. The minimum absolute atomic E-state index is 0.169. The number of aromatic nitrogens is 2. The fourth-order valence-corrected chi connectivity index (χ4v) is 2.53. The van der Waals surface area contributed by atoms with Crippen molar-refractivity contribution in [2.45, 2.75) is 12.5 Å². The molecule has 0 spiro atoms. The van der Waals surface area contributed by atoms with Gasteiger partial charge in [-0.3, -0.25) is 0 Å². The molecule has 20 heavy (non-hydrogen) atoms. The molecule has 6 heteroatoms. The van der Waals surface area contributed by atoms with E-state index >= 15 is 0 Å². The van der Waals surface area contributed by atoms with Crippen molar-refractivity contribution in [2.75, 3.05) is 25.5 Å². The second kappa shape index (κ2) is 5.05. The van der Waals surface area contributed by atoms with E-state index in [0.717, 1.165) is 24.9 Å². The molecule has 0 radical (unpaired) electrons. The average molecular weight is 272 g/mol. The Morgan fingerprint density at radius 3 is 2.90 bits per heavy atom. The van der Waals surface area contributed by atoms with Gasteiger partial charge in [-0.25, -0.2) is 14.8 Å². The zero-order valence-corrected chi connectivity index (χ0v) is 11.2. The molecule has 1 atom stereocenters. The molecule has 2 heterocycles. The van der Waals surface area contributed by atoms with Gasteiger partial charge in [-0.15, -0.1) is 0 Å². The van der Waals surface area contributed by atoms with Crippen LogP contribution in [0.5, 0.6) is 0 Å². The van der Waals surface area contributed by atoms with Gasteiger partial charge in [0, 0.05) is 18.0 Å². The van der Waals surface area contributed by atoms with E-state index in [9.17, 15) is 4.79 Å². The largest absolute Gasteiger partial charge is 0.475 e. The Bertz CT molecular complexity index is 659. The lowest BCUT2D eigenvalue weighted by molar-refractivity contribution is 0.0684. The van der Waals surface area contributed by atoms with Gasteiger partial charge < -0.3 is 15.3 Å². The van der Waals surface area contributed by atoms with Crippen molar-refractivity contribution in [3.63, 3.8) is 0 Å². The van der Waals surface area contributed by atoms with E-state index in [0.29, 0.717) is 17.4 Å². The molecular weight excluding hydrogens is 256 g/mol. The molecule has 0 aliphatic carbocycles. The summed E-state index contributed by atoms with van der Waals surface area (Å²) in [6.07, 6.45) is 1.03. The van der Waals surface area contributed by atoms with Crippen LogP contribution in [0.2, 0.25) is 0 Å². The monoisotopic (exact) mass is 272 g/mol. The first-order valence-electron chi connectivity index (χ1n) is 6.58. The highest BCUT2D eigenvalue weighted by atomic mass is 16.4. The molecule has 1 saturated heterocycles. The SMILES string of the molecule is CN1CCC(Nc2nc(C(=O)O)nc3ccccc23)C1. The fraction of sp³-hybridized carbons (Fsp3) is 0.357. The van der Waals surface area contributed by atoms with Crippen molar-refractivity contribution in [1.82, 2.24) is 14.9 Å². The zero-order chi connectivity index (χ0) is 14.1. The maximum atomic E-state index is 11.1. The van der Waals surface area contributed by atoms with E-state index in [-0.39, 0.29) is 5.82 Å². The van der Waals surface area contributed by atoms with Crippen molar-refractivity contribution in [3.05, 3.63) is 30.1 Å². The van der Waals surface area contributed by atoms with Gasteiger partial charge in [-0.2, -0.15) is 0 Å². The smallest absolute Gasteiger partial charge is 0.374 e. The van der Waals surface area contributed by atoms with Crippen LogP contribution in [0.1, 0.15) is 17.0 Å². The first-order chi connectivity index (χ1) is 9.63. The predicted octanol–water partition coefficient (Wildman–Crippen LogP) is 1.44. The maximum Gasteiger partial charge on any atom is 0.374 e. The van der Waals surface area contributed by atoms with Crippen LogP contribution in [0.4, 0.5) is 5.82 Å². The first-order valence-corrected chi connectivity index (χ1v) is 6.58. The molecule has 1 aromatic carbocycles. The Hall–Kier alpha value is -2.21. The van der Waals surface area contributed by atoms with Crippen LogP contribution in [0.25, 0.3) is 10.9 Å². The summed E-state index contributed by atoms with van der Waals surface area (Å²) in [5, 5.41) is 13.3. The average Bonchev–Trinajstić information content (AvgIpc) is 2.84. The summed E-state index contributed by atoms with van der Waals surface area (Å²) in [5.41, 5.74) is 0.647. The van der Waals surface area contributed by atoms with Crippen molar-refractivity contribution >= 4 is 22.7 Å². The highest BCUT2D eigenvalue weighted by molar-refractivity contribution is 5.93. The molecule has 1 fully saturated rings. The molecule has 0 amide bonds. The van der Waals surface area contributed by atoms with Gasteiger partial charge >= 0.3 is 5.97 Å². The molecular formula is C14H16N4O2. The second-order valence-electron chi connectivity index (χ2n) is 5.11. The summed E-state index contributed by atoms with van der Waals surface area (Å²) in [5.74, 6) is -0.673. The van der Waals surface area contributed by atoms with Gasteiger partial charge in [-0.05, 0) is 32.1 Å². The molecule has 1 unspecified atom stereocenters. The Labute approximate surface area is 116 Å². The van der Waals surface area contributed by atoms with E-state index in [1.165, 1.54) is 0 Å². The van der Waals surface area contributed by atoms with Crippen molar-refractivity contribution in [1.29, 1.82) is 0 Å². The first kappa shape index (κ1) is 12.8. The number of carboxylic acid groups (broad SMARTS) is 1. The number of nitrogens with zero attached hydrogens (tertiary/aromatic N) is 3. The molecule has 2 aromatic rings. The van der Waals surface area contributed by atoms with Crippen LogP contribution in [-0.2, 0) is 0 Å². The highest BCUT2D eigenvalue weighted by Crippen LogP contribution is 2.22. The standard InChI is InChI=1S/C14H16N4O2/c1-18-7-6-9(8-18)15-12-10-4-2-3-5-11(10)16-13(17-12)14(19)20/h2-5,9H,6-8H2,1H3,(H,19,20)(H,15,16,17). The van der Waals surface area contributed by atoms with Gasteiger partial charge in [0.15, 0.2) is 0 Å². The number of para-hydroxylation sites is 1. The van der Waals surface area contributed by atoms with Crippen LogP contribution in [-0.4, -0.2) is 52.1 Å². The summed E-state index contributed by atoms with van der Waals surface area (Å²) in [4.78, 5) is 21.6. The molecule has 3 rings (SSSR count). The van der Waals surface area contributed by atoms with E-state index in [1.807, 2.05) is 18.2 Å². The Balaban J connectivity index is 2.01. The van der Waals surface area contributed by atoms with E-state index in [1.54, 1.807) is 6.07 Å². The summed E-state index contributed by atoms with van der Waals surface area (Å²) in [6, 6.07) is 7.74. The number of likely N-dealkylation sites (N-methyl/N-ethyl adjacent to an activating group) is 1. The van der Waals surface area contributed by atoms with Gasteiger partial charge in [0.2, 0.25) is 5.82 Å². The third kappa shape index (κ3) is 2.42. The number of fused-ring (bicyclic) bond motifs is 1. The number of likely N-dealkylation sites (tertiary alicyclic amines) is 1. The number of carbonyl (C=O) groups is 1. The number of carboxylic acids is 1. The zero-order valence-electron chi connectivity index (χ0n) is 11.2. The van der Waals surface area contributed by atoms with Crippen molar-refractivity contribution in [3.8, 4) is 0 Å². The van der Waals surface area contributed by atoms with Crippen LogP contribution in [0, 0.1) is 0 Å². The minimum atomic E-state index is -1.11. The Morgan fingerprint density at radius 1 is 1.40 bits per heavy atom. The molecule has 2 N–H and O–H groups in total. The lowest BCUT2D eigenvalue weighted by Gasteiger charge is -2.15. The number of anilines is 1. The third-order valence-electron chi connectivity index (χ3n) is 3.53. The van der Waals surface area contributed by atoms with Crippen molar-refractivity contribution < 1.29 is 9.90 Å². The second-order valence-corrected chi connectivity index (χ2v) is 5.11. The van der Waals surface area contributed by atoms with Gasteiger partial charge in [-0.1, -0.05) is 12.1 Å². The van der Waals surface area contributed by atoms with E-state index in [4.69, 9.17) is 5.11 Å². The van der Waals surface area contributed by atoms with Gasteiger partial charge in [0.25, 0.3) is 0 Å². The highest BCUT2D eigenvalue weighted by Gasteiger charge is 2.21. The number of hydrogen-bond donors (Lipinski definition) is 2. The van der Waals surface area contributed by atoms with E-state index < -0.39 is 5.97 Å². The number of nitrogens with one attached hydrogen (secondary N) is 1. The fourth-order valence-electron chi connectivity index (χ4n) is 2.53. The maximum absolute atomic E-state index is 11.1. The normalized spacial score (nSPS) is 19.4.